The van der Waals surface area contributed by atoms with Crippen molar-refractivity contribution >= 4 is 54.1 Å². The number of anilines is 1. The number of halogens is 2. The molecule has 0 bridgehead atoms. The fraction of sp³-hybridized carbons (Fsp3) is 0.269. The number of ether oxygens (including phenoxy) is 1. The monoisotopic (exact) mass is 563 g/mol. The number of rotatable bonds is 2. The van der Waals surface area contributed by atoms with Crippen molar-refractivity contribution in [3.05, 3.63) is 69.2 Å². The second kappa shape index (κ2) is 10.5. The van der Waals surface area contributed by atoms with E-state index in [-0.39, 0.29) is 34.7 Å². The standard InChI is InChI=1S/C26H23ClFN9O3/c27-15-8-30-10-18-23(34-24(32-13-31-9-15)22(29)33-26(38)39)35-25-36(18)11-14-4-3-7-20-21(14)37(25)19(12-40-20)16-5-1-2-6-17(16)28/h1-2,5-6,8-10,13-14,19H,3-4,7,11-12H2,(H2,29,33)(H,38,39)/b15-8?,15-9+,18-10-,30-8-,30-10?,31-9?,31-13?,32-13?,32-24?,34-23?,34-24?/t14-,19-/m0/s1. The zero-order valence-corrected chi connectivity index (χ0v) is 21.7. The molecule has 1 aromatic carbocycles. The van der Waals surface area contributed by atoms with Crippen molar-refractivity contribution in [2.24, 2.45) is 36.6 Å². The van der Waals surface area contributed by atoms with Crippen LogP contribution in [0.25, 0.3) is 6.20 Å². The lowest BCUT2D eigenvalue weighted by atomic mass is 9.86. The van der Waals surface area contributed by atoms with Crippen molar-refractivity contribution in [3.8, 4) is 0 Å². The first-order chi connectivity index (χ1) is 19.4. The molecule has 0 radical (unpaired) electrons. The van der Waals surface area contributed by atoms with Crippen LogP contribution < -0.4 is 21.5 Å². The molecular formula is C26H23ClFN9O3. The molecule has 2 atom stereocenters. The maximum atomic E-state index is 15.1. The molecule has 12 nitrogen and oxygen atoms in total. The molecule has 4 heterocycles. The van der Waals surface area contributed by atoms with Crippen molar-refractivity contribution in [1.82, 2.24) is 9.55 Å². The average molecular weight is 564 g/mol. The van der Waals surface area contributed by atoms with Gasteiger partial charge in [-0.25, -0.2) is 24.2 Å². The minimum absolute atomic E-state index is 0.0882. The summed E-state index contributed by atoms with van der Waals surface area (Å²) < 4.78 is 23.2. The third kappa shape index (κ3) is 4.68. The summed E-state index contributed by atoms with van der Waals surface area (Å²) in [6.45, 7) is 0.795. The minimum atomic E-state index is -1.51. The van der Waals surface area contributed by atoms with Crippen molar-refractivity contribution in [3.63, 3.8) is 0 Å². The van der Waals surface area contributed by atoms with Gasteiger partial charge in [-0.05, 0) is 18.9 Å². The van der Waals surface area contributed by atoms with Crippen molar-refractivity contribution in [2.75, 3.05) is 11.5 Å². The quantitative estimate of drug-likeness (QED) is 0.422. The molecule has 2 aromatic rings. The van der Waals surface area contributed by atoms with E-state index in [1.165, 1.54) is 18.5 Å². The number of benzene rings is 1. The van der Waals surface area contributed by atoms with E-state index < -0.39 is 18.0 Å². The number of imidazole rings is 1. The fourth-order valence-corrected chi connectivity index (χ4v) is 5.46. The number of amides is 1. The third-order valence-electron chi connectivity index (χ3n) is 6.96. The number of amidine groups is 2. The Hall–Kier alpha value is -4.65. The van der Waals surface area contributed by atoms with Crippen LogP contribution in [0.3, 0.4) is 0 Å². The molecule has 14 heteroatoms. The molecule has 40 heavy (non-hydrogen) atoms. The van der Waals surface area contributed by atoms with E-state index in [0.717, 1.165) is 37.1 Å². The molecule has 1 aromatic heterocycles. The Morgan fingerprint density at radius 1 is 1.25 bits per heavy atom. The van der Waals surface area contributed by atoms with E-state index in [1.54, 1.807) is 24.4 Å². The Morgan fingerprint density at radius 2 is 2.10 bits per heavy atom. The molecule has 1 amide bonds. The van der Waals surface area contributed by atoms with Gasteiger partial charge in [0.15, 0.2) is 17.2 Å². The summed E-state index contributed by atoms with van der Waals surface area (Å²) in [6, 6.07) is 6.13. The molecular weight excluding hydrogens is 541 g/mol. The first-order valence-electron chi connectivity index (χ1n) is 12.5. The van der Waals surface area contributed by atoms with E-state index in [9.17, 15) is 4.79 Å². The van der Waals surface area contributed by atoms with Crippen LogP contribution in [-0.4, -0.2) is 51.6 Å². The number of carbonyl (C=O) groups is 1. The number of fused-ring (bicyclic) bond motifs is 4. The first kappa shape index (κ1) is 25.6. The Bertz CT molecular complexity index is 1710. The van der Waals surface area contributed by atoms with E-state index in [0.29, 0.717) is 23.4 Å². The number of allylic oxidation sites excluding steroid dienone is 3. The van der Waals surface area contributed by atoms with Gasteiger partial charge >= 0.3 is 6.09 Å². The number of nitrogens with two attached hydrogens (primary N) is 1. The van der Waals surface area contributed by atoms with Crippen LogP contribution in [0.1, 0.15) is 30.9 Å². The Labute approximate surface area is 231 Å². The minimum Gasteiger partial charge on any atom is -0.494 e. The molecule has 6 rings (SSSR count). The van der Waals surface area contributed by atoms with Gasteiger partial charge in [-0.3, -0.25) is 4.99 Å². The molecule has 4 aliphatic rings. The van der Waals surface area contributed by atoms with Crippen molar-refractivity contribution < 1.29 is 19.0 Å². The highest BCUT2D eigenvalue weighted by Gasteiger charge is 2.44. The van der Waals surface area contributed by atoms with Gasteiger partial charge in [0.2, 0.25) is 5.95 Å². The molecule has 3 aliphatic heterocycles. The molecule has 0 saturated carbocycles. The third-order valence-corrected chi connectivity index (χ3v) is 7.16. The van der Waals surface area contributed by atoms with Crippen molar-refractivity contribution in [1.29, 1.82) is 0 Å². The number of hydrogen-bond donors (Lipinski definition) is 2. The van der Waals surface area contributed by atoms with Crippen LogP contribution in [-0.2, 0) is 11.3 Å². The first-order valence-corrected chi connectivity index (χ1v) is 12.9. The summed E-state index contributed by atoms with van der Waals surface area (Å²) in [4.78, 5) is 38.3. The SMILES string of the molecule is NC(=NC(=O)O)C1=NC=N\C=C(Cl)/C=N\C=c2\c(nc3n2C[C@@H]2CCCC4=C2N3[C@H](c2ccccc2F)CO4)=N1. The largest absolute Gasteiger partial charge is 0.494 e. The van der Waals surface area contributed by atoms with Gasteiger partial charge in [-0.15, -0.1) is 0 Å². The Kier molecular flexibility index (Phi) is 6.72. The molecule has 0 spiro atoms. The van der Waals surface area contributed by atoms with Gasteiger partial charge in [-0.1, -0.05) is 29.8 Å². The number of aromatic nitrogens is 2. The maximum absolute atomic E-state index is 15.1. The van der Waals surface area contributed by atoms with E-state index >= 15 is 4.39 Å². The topological polar surface area (TPSA) is 155 Å². The fourth-order valence-electron chi connectivity index (χ4n) is 5.35. The number of hydrogen-bond acceptors (Lipinski definition) is 8. The number of nitrogens with zero attached hydrogens (tertiary/aromatic N) is 8. The zero-order valence-electron chi connectivity index (χ0n) is 21.0. The summed E-state index contributed by atoms with van der Waals surface area (Å²) >= 11 is 6.18. The van der Waals surface area contributed by atoms with Gasteiger partial charge in [0.05, 0.1) is 23.0 Å². The van der Waals surface area contributed by atoms with Gasteiger partial charge < -0.3 is 25.0 Å². The summed E-state index contributed by atoms with van der Waals surface area (Å²) in [7, 11) is 0. The summed E-state index contributed by atoms with van der Waals surface area (Å²) in [5.74, 6) is 0.491. The Morgan fingerprint density at radius 3 is 2.92 bits per heavy atom. The van der Waals surface area contributed by atoms with Gasteiger partial charge in [-0.2, -0.15) is 9.98 Å². The van der Waals surface area contributed by atoms with Crippen LogP contribution in [0.2, 0.25) is 0 Å². The average Bonchev–Trinajstić information content (AvgIpc) is 3.26. The van der Waals surface area contributed by atoms with Crippen LogP contribution in [0.4, 0.5) is 15.1 Å². The summed E-state index contributed by atoms with van der Waals surface area (Å²) in [5, 5.41) is 9.87. The molecule has 0 unspecified atom stereocenters. The highest BCUT2D eigenvalue weighted by Crippen LogP contribution is 2.46. The van der Waals surface area contributed by atoms with Gasteiger partial charge in [0.1, 0.15) is 29.9 Å². The lowest BCUT2D eigenvalue weighted by Crippen LogP contribution is -2.47. The lowest BCUT2D eigenvalue weighted by molar-refractivity contribution is 0.133. The molecule has 0 fully saturated rings. The van der Waals surface area contributed by atoms with E-state index in [2.05, 4.69) is 25.0 Å². The molecule has 3 N–H and O–H groups in total. The van der Waals surface area contributed by atoms with E-state index in [4.69, 9.17) is 32.2 Å². The van der Waals surface area contributed by atoms with Gasteiger partial charge in [0.25, 0.3) is 0 Å². The second-order valence-electron chi connectivity index (χ2n) is 9.38. The summed E-state index contributed by atoms with van der Waals surface area (Å²) in [6.07, 6.45) is 6.54. The number of aliphatic imine (C=N–C) groups is 4. The smallest absolute Gasteiger partial charge is 0.433 e. The predicted octanol–water partition coefficient (Wildman–Crippen LogP) is 2.61. The molecule has 0 saturated heterocycles. The molecule has 1 aliphatic carbocycles. The highest BCUT2D eigenvalue weighted by atomic mass is 35.5. The lowest BCUT2D eigenvalue weighted by Gasteiger charge is -2.47. The van der Waals surface area contributed by atoms with Crippen LogP contribution in [0.5, 0.6) is 0 Å². The van der Waals surface area contributed by atoms with Crippen LogP contribution >= 0.6 is 11.6 Å². The second-order valence-corrected chi connectivity index (χ2v) is 9.81. The molecule has 204 valence electrons. The van der Waals surface area contributed by atoms with Gasteiger partial charge in [0, 0.05) is 36.9 Å². The summed E-state index contributed by atoms with van der Waals surface area (Å²) in [5.41, 5.74) is 7.56. The van der Waals surface area contributed by atoms with Crippen LogP contribution in [0, 0.1) is 11.7 Å². The van der Waals surface area contributed by atoms with Crippen molar-refractivity contribution in [2.45, 2.75) is 31.8 Å². The van der Waals surface area contributed by atoms with Crippen LogP contribution in [0.15, 0.2) is 71.9 Å². The highest BCUT2D eigenvalue weighted by molar-refractivity contribution is 6.42. The van der Waals surface area contributed by atoms with E-state index in [1.807, 2.05) is 9.47 Å². The number of carboxylic acid groups (broad SMARTS) is 1. The maximum Gasteiger partial charge on any atom is 0.433 e. The normalized spacial score (nSPS) is 25.2. The Balaban J connectivity index is 1.62. The zero-order chi connectivity index (χ0) is 27.8. The predicted molar refractivity (Wildman–Crippen MR) is 147 cm³/mol.